The third kappa shape index (κ3) is 4.60. The van der Waals surface area contributed by atoms with E-state index in [1.807, 2.05) is 27.7 Å². The first-order chi connectivity index (χ1) is 10.1. The zero-order valence-electron chi connectivity index (χ0n) is 14.6. The molecule has 0 radical (unpaired) electrons. The van der Waals surface area contributed by atoms with Crippen molar-refractivity contribution in [3.05, 3.63) is 0 Å². The Bertz CT molecular complexity index is 404. The molecule has 1 aliphatic rings. The summed E-state index contributed by atoms with van der Waals surface area (Å²) in [7, 11) is 1.59. The van der Waals surface area contributed by atoms with Crippen LogP contribution in [0.4, 0.5) is 4.79 Å². The van der Waals surface area contributed by atoms with Crippen LogP contribution >= 0.6 is 0 Å². The van der Waals surface area contributed by atoms with Gasteiger partial charge in [0.2, 0.25) is 0 Å². The van der Waals surface area contributed by atoms with E-state index in [1.54, 1.807) is 18.9 Å². The molecule has 1 rings (SSSR count). The maximum absolute atomic E-state index is 12.3. The van der Waals surface area contributed by atoms with E-state index in [2.05, 4.69) is 0 Å². The lowest BCUT2D eigenvalue weighted by atomic mass is 9.80. The van der Waals surface area contributed by atoms with Crippen molar-refractivity contribution in [1.29, 1.82) is 0 Å². The van der Waals surface area contributed by atoms with E-state index in [0.717, 1.165) is 0 Å². The van der Waals surface area contributed by atoms with Gasteiger partial charge in [-0.05, 0) is 47.5 Å². The van der Waals surface area contributed by atoms with Crippen LogP contribution in [0, 0.1) is 5.41 Å². The summed E-state index contributed by atoms with van der Waals surface area (Å²) in [5, 5.41) is 0. The highest BCUT2D eigenvalue weighted by atomic mass is 16.6. The number of ether oxygens (including phenoxy) is 3. The molecule has 0 unspecified atom stereocenters. The number of likely N-dealkylation sites (tertiary alicyclic amines) is 1. The van der Waals surface area contributed by atoms with E-state index < -0.39 is 11.0 Å². The molecule has 0 aromatic heterocycles. The van der Waals surface area contributed by atoms with Crippen molar-refractivity contribution >= 4 is 12.1 Å². The van der Waals surface area contributed by atoms with E-state index in [9.17, 15) is 9.59 Å². The van der Waals surface area contributed by atoms with Crippen LogP contribution in [0.25, 0.3) is 0 Å². The Hall–Kier alpha value is -1.30. The number of nitrogens with zero attached hydrogens (tertiary/aromatic N) is 1. The molecule has 1 aliphatic heterocycles. The first-order valence-electron chi connectivity index (χ1n) is 7.82. The molecule has 1 fully saturated rings. The molecular formula is C16H29NO5. The van der Waals surface area contributed by atoms with Crippen LogP contribution < -0.4 is 0 Å². The molecule has 0 aliphatic carbocycles. The van der Waals surface area contributed by atoms with E-state index in [-0.39, 0.29) is 18.2 Å². The zero-order valence-corrected chi connectivity index (χ0v) is 14.6. The summed E-state index contributed by atoms with van der Waals surface area (Å²) in [5.74, 6) is -0.270. The van der Waals surface area contributed by atoms with Crippen molar-refractivity contribution in [3.63, 3.8) is 0 Å². The third-order valence-electron chi connectivity index (χ3n) is 3.95. The van der Waals surface area contributed by atoms with Crippen LogP contribution in [0.1, 0.15) is 47.5 Å². The molecule has 1 amide bonds. The van der Waals surface area contributed by atoms with Crippen LogP contribution in [-0.4, -0.2) is 55.5 Å². The number of hydrogen-bond donors (Lipinski definition) is 0. The number of esters is 1. The molecule has 128 valence electrons. The molecule has 0 saturated carbocycles. The van der Waals surface area contributed by atoms with Gasteiger partial charge in [-0.2, -0.15) is 0 Å². The van der Waals surface area contributed by atoms with Crippen molar-refractivity contribution in [3.8, 4) is 0 Å². The lowest BCUT2D eigenvalue weighted by molar-refractivity contribution is -0.163. The fourth-order valence-electron chi connectivity index (χ4n) is 2.65. The molecule has 6 heteroatoms. The quantitative estimate of drug-likeness (QED) is 0.749. The van der Waals surface area contributed by atoms with Gasteiger partial charge in [0.25, 0.3) is 0 Å². The minimum absolute atomic E-state index is 0.270. The second kappa shape index (κ2) is 7.31. The van der Waals surface area contributed by atoms with Gasteiger partial charge in [0, 0.05) is 20.2 Å². The number of amides is 1. The fraction of sp³-hybridized carbons (Fsp3) is 0.875. The summed E-state index contributed by atoms with van der Waals surface area (Å²) in [6.07, 6.45) is 0.434. The molecular weight excluding hydrogens is 286 g/mol. The van der Waals surface area contributed by atoms with Crippen molar-refractivity contribution in [2.45, 2.75) is 59.2 Å². The van der Waals surface area contributed by atoms with Gasteiger partial charge in [-0.1, -0.05) is 0 Å². The van der Waals surface area contributed by atoms with E-state index in [0.29, 0.717) is 32.5 Å². The van der Waals surface area contributed by atoms with E-state index in [1.165, 1.54) is 0 Å². The average Bonchev–Trinajstić information content (AvgIpc) is 2.57. The summed E-state index contributed by atoms with van der Waals surface area (Å²) < 4.78 is 16.1. The Morgan fingerprint density at radius 2 is 1.91 bits per heavy atom. The highest BCUT2D eigenvalue weighted by Gasteiger charge is 2.45. The maximum atomic E-state index is 12.3. The predicted octanol–water partition coefficient (Wildman–Crippen LogP) is 2.60. The molecule has 1 heterocycles. The molecule has 1 saturated heterocycles. The van der Waals surface area contributed by atoms with Gasteiger partial charge in [-0.25, -0.2) is 4.79 Å². The van der Waals surface area contributed by atoms with Crippen molar-refractivity contribution < 1.29 is 23.8 Å². The third-order valence-corrected chi connectivity index (χ3v) is 3.95. The molecule has 6 nitrogen and oxygen atoms in total. The maximum Gasteiger partial charge on any atom is 0.410 e. The lowest BCUT2D eigenvalue weighted by Gasteiger charge is -2.32. The van der Waals surface area contributed by atoms with Gasteiger partial charge in [0.1, 0.15) is 5.60 Å². The normalized spacial score (nSPS) is 26.3. The number of carbonyl (C=O) groups is 2. The van der Waals surface area contributed by atoms with Crippen molar-refractivity contribution in [2.75, 3.05) is 26.8 Å². The topological polar surface area (TPSA) is 65.1 Å². The summed E-state index contributed by atoms with van der Waals surface area (Å²) in [4.78, 5) is 26.2. The molecule has 0 spiro atoms. The summed E-state index contributed by atoms with van der Waals surface area (Å²) in [5.41, 5.74) is -1.28. The second-order valence-corrected chi connectivity index (χ2v) is 6.87. The number of hydrogen-bond acceptors (Lipinski definition) is 5. The molecule has 0 aromatic carbocycles. The molecule has 0 N–H and O–H groups in total. The first kappa shape index (κ1) is 18.7. The van der Waals surface area contributed by atoms with E-state index >= 15 is 0 Å². The SMILES string of the molecule is CCOC(=O)[C@@]1(C)CCN(C(=O)OC(C)(C)C)CC[C@H]1OC. The minimum Gasteiger partial charge on any atom is -0.465 e. The van der Waals surface area contributed by atoms with Crippen LogP contribution in [0.5, 0.6) is 0 Å². The van der Waals surface area contributed by atoms with Crippen LogP contribution in [0.3, 0.4) is 0 Å². The van der Waals surface area contributed by atoms with Gasteiger partial charge >= 0.3 is 12.1 Å². The Morgan fingerprint density at radius 3 is 2.41 bits per heavy atom. The van der Waals surface area contributed by atoms with Crippen molar-refractivity contribution in [1.82, 2.24) is 4.90 Å². The monoisotopic (exact) mass is 315 g/mol. The highest BCUT2D eigenvalue weighted by Crippen LogP contribution is 2.35. The lowest BCUT2D eigenvalue weighted by Crippen LogP contribution is -2.42. The van der Waals surface area contributed by atoms with Crippen LogP contribution in [-0.2, 0) is 19.0 Å². The number of carbonyl (C=O) groups excluding carboxylic acids is 2. The highest BCUT2D eigenvalue weighted by molar-refractivity contribution is 5.77. The zero-order chi connectivity index (χ0) is 17.0. The molecule has 2 atom stereocenters. The van der Waals surface area contributed by atoms with Gasteiger partial charge < -0.3 is 19.1 Å². The summed E-state index contributed by atoms with van der Waals surface area (Å²) >= 11 is 0. The van der Waals surface area contributed by atoms with Gasteiger partial charge in [0.15, 0.2) is 0 Å². The fourth-order valence-corrected chi connectivity index (χ4v) is 2.65. The first-order valence-corrected chi connectivity index (χ1v) is 7.82. The Morgan fingerprint density at radius 1 is 1.27 bits per heavy atom. The van der Waals surface area contributed by atoms with Crippen LogP contribution in [0.15, 0.2) is 0 Å². The average molecular weight is 315 g/mol. The summed E-state index contributed by atoms with van der Waals surface area (Å²) in [6, 6.07) is 0. The molecule has 0 bridgehead atoms. The Balaban J connectivity index is 2.83. The summed E-state index contributed by atoms with van der Waals surface area (Å²) in [6.45, 7) is 10.4. The standard InChI is InChI=1S/C16H29NO5/c1-7-21-13(18)16(5)9-11-17(10-8-12(16)20-6)14(19)22-15(2,3)4/h12H,7-11H2,1-6H3/t12-,16+/m1/s1. The van der Waals surface area contributed by atoms with Crippen molar-refractivity contribution in [2.24, 2.45) is 5.41 Å². The Kier molecular flexibility index (Phi) is 6.23. The Labute approximate surface area is 133 Å². The minimum atomic E-state index is -0.748. The smallest absolute Gasteiger partial charge is 0.410 e. The van der Waals surface area contributed by atoms with Gasteiger partial charge in [-0.3, -0.25) is 4.79 Å². The van der Waals surface area contributed by atoms with Gasteiger partial charge in [0.05, 0.1) is 18.1 Å². The van der Waals surface area contributed by atoms with Gasteiger partial charge in [-0.15, -0.1) is 0 Å². The van der Waals surface area contributed by atoms with E-state index in [4.69, 9.17) is 14.2 Å². The largest absolute Gasteiger partial charge is 0.465 e. The predicted molar refractivity (Wildman–Crippen MR) is 82.6 cm³/mol. The second-order valence-electron chi connectivity index (χ2n) is 6.87. The number of rotatable bonds is 3. The molecule has 22 heavy (non-hydrogen) atoms. The van der Waals surface area contributed by atoms with Crippen LogP contribution in [0.2, 0.25) is 0 Å². The number of methoxy groups -OCH3 is 1. The molecule has 0 aromatic rings.